The molecule has 0 aliphatic rings. The van der Waals surface area contributed by atoms with E-state index in [9.17, 15) is 13.2 Å². The normalized spacial score (nSPS) is 11.1. The summed E-state index contributed by atoms with van der Waals surface area (Å²) in [7, 11) is -3.35. The van der Waals surface area contributed by atoms with Crippen LogP contribution >= 0.6 is 0 Å². The molecule has 1 heterocycles. The lowest BCUT2D eigenvalue weighted by molar-refractivity contribution is -0.113. The quantitative estimate of drug-likeness (QED) is 0.704. The summed E-state index contributed by atoms with van der Waals surface area (Å²) < 4.78 is 26.6. The Morgan fingerprint density at radius 1 is 1.56 bits per heavy atom. The van der Waals surface area contributed by atoms with Crippen LogP contribution in [0.15, 0.2) is 0 Å². The van der Waals surface area contributed by atoms with Crippen molar-refractivity contribution in [3.8, 4) is 6.01 Å². The molecule has 2 N–H and O–H groups in total. The Morgan fingerprint density at radius 2 is 2.25 bits per heavy atom. The Hall–Kier alpha value is -1.64. The van der Waals surface area contributed by atoms with Crippen molar-refractivity contribution in [2.24, 2.45) is 0 Å². The summed E-state index contributed by atoms with van der Waals surface area (Å²) in [5.74, 6) is -1.23. The molecule has 8 nitrogen and oxygen atoms in total. The number of nitrogens with zero attached hydrogens (tertiary/aromatic N) is 2. The van der Waals surface area contributed by atoms with E-state index in [0.717, 1.165) is 6.26 Å². The van der Waals surface area contributed by atoms with E-state index in [1.54, 1.807) is 6.92 Å². The summed E-state index contributed by atoms with van der Waals surface area (Å²) in [6.45, 7) is 2.16. The molecule has 0 spiro atoms. The highest BCUT2D eigenvalue weighted by atomic mass is 32.2. The lowest BCUT2D eigenvalue weighted by Crippen LogP contribution is -2.22. The smallest absolute Gasteiger partial charge is 0.337 e. The maximum absolute atomic E-state index is 11.2. The molecule has 0 atom stereocenters. The number of aromatic nitrogens is 3. The maximum Gasteiger partial charge on any atom is 0.337 e. The first kappa shape index (κ1) is 12.4. The minimum absolute atomic E-state index is 0.0529. The number of aromatic amines is 1. The first-order valence-electron chi connectivity index (χ1n) is 4.43. The number of hydrogen-bond acceptors (Lipinski definition) is 6. The molecule has 9 heteroatoms. The van der Waals surface area contributed by atoms with Gasteiger partial charge >= 0.3 is 6.01 Å². The Morgan fingerprint density at radius 3 is 2.81 bits per heavy atom. The number of ether oxygens (including phenoxy) is 1. The molecule has 0 aliphatic carbocycles. The zero-order chi connectivity index (χ0) is 12.2. The fraction of sp³-hybridized carbons (Fsp3) is 0.571. The van der Waals surface area contributed by atoms with Gasteiger partial charge in [0.2, 0.25) is 11.9 Å². The van der Waals surface area contributed by atoms with Gasteiger partial charge in [-0.25, -0.2) is 13.5 Å². The lowest BCUT2D eigenvalue weighted by Gasteiger charge is -1.98. The van der Waals surface area contributed by atoms with Crippen LogP contribution < -0.4 is 10.1 Å². The van der Waals surface area contributed by atoms with Crippen molar-refractivity contribution in [2.45, 2.75) is 6.92 Å². The van der Waals surface area contributed by atoms with E-state index in [0.29, 0.717) is 6.61 Å². The molecule has 0 saturated heterocycles. The molecule has 1 rings (SSSR count). The van der Waals surface area contributed by atoms with Gasteiger partial charge in [-0.05, 0) is 6.92 Å². The van der Waals surface area contributed by atoms with Crippen LogP contribution in [-0.4, -0.2) is 48.1 Å². The van der Waals surface area contributed by atoms with Crippen LogP contribution in [0.25, 0.3) is 0 Å². The lowest BCUT2D eigenvalue weighted by atomic mass is 10.7. The van der Waals surface area contributed by atoms with Gasteiger partial charge < -0.3 is 4.74 Å². The van der Waals surface area contributed by atoms with Crippen LogP contribution in [0.1, 0.15) is 6.92 Å². The third-order valence-corrected chi connectivity index (χ3v) is 2.18. The van der Waals surface area contributed by atoms with Gasteiger partial charge in [0.1, 0.15) is 5.75 Å². The van der Waals surface area contributed by atoms with Gasteiger partial charge in [0.15, 0.2) is 9.84 Å². The van der Waals surface area contributed by atoms with Crippen LogP contribution in [0.3, 0.4) is 0 Å². The Labute approximate surface area is 92.3 Å². The number of amides is 1. The van der Waals surface area contributed by atoms with E-state index in [4.69, 9.17) is 4.74 Å². The average molecular weight is 248 g/mol. The van der Waals surface area contributed by atoms with Crippen molar-refractivity contribution in [1.82, 2.24) is 15.2 Å². The summed E-state index contributed by atoms with van der Waals surface area (Å²) in [5.41, 5.74) is 0. The molecule has 0 radical (unpaired) electrons. The third-order valence-electron chi connectivity index (χ3n) is 1.39. The van der Waals surface area contributed by atoms with Gasteiger partial charge in [-0.1, -0.05) is 0 Å². The monoisotopic (exact) mass is 248 g/mol. The van der Waals surface area contributed by atoms with E-state index in [1.807, 2.05) is 0 Å². The first-order chi connectivity index (χ1) is 7.40. The Kier molecular flexibility index (Phi) is 3.82. The number of sulfone groups is 1. The number of anilines is 1. The highest BCUT2D eigenvalue weighted by Crippen LogP contribution is 2.05. The molecule has 0 aromatic carbocycles. The van der Waals surface area contributed by atoms with Gasteiger partial charge in [0.25, 0.3) is 0 Å². The van der Waals surface area contributed by atoms with E-state index in [2.05, 4.69) is 20.5 Å². The van der Waals surface area contributed by atoms with E-state index in [-0.39, 0.29) is 12.0 Å². The summed E-state index contributed by atoms with van der Waals surface area (Å²) in [5, 5.41) is 8.28. The van der Waals surface area contributed by atoms with Crippen molar-refractivity contribution >= 4 is 21.7 Å². The predicted octanol–water partition coefficient (Wildman–Crippen LogP) is -0.814. The molecular weight excluding hydrogens is 236 g/mol. The highest BCUT2D eigenvalue weighted by Gasteiger charge is 2.13. The summed E-state index contributed by atoms with van der Waals surface area (Å²) in [6.07, 6.45) is 0.971. The van der Waals surface area contributed by atoms with Crippen molar-refractivity contribution in [1.29, 1.82) is 0 Å². The molecule has 1 amide bonds. The Bertz CT molecular complexity index is 466. The number of nitrogens with one attached hydrogen (secondary N) is 2. The van der Waals surface area contributed by atoms with Gasteiger partial charge in [-0.3, -0.25) is 10.1 Å². The molecule has 0 fully saturated rings. The SMILES string of the molecule is CCOc1n[nH]c(NC(=O)CS(C)(=O)=O)n1. The Balaban J connectivity index is 2.56. The highest BCUT2D eigenvalue weighted by molar-refractivity contribution is 7.91. The van der Waals surface area contributed by atoms with Crippen LogP contribution in [0, 0.1) is 0 Å². The number of carbonyl (C=O) groups is 1. The van der Waals surface area contributed by atoms with Crippen molar-refractivity contribution < 1.29 is 17.9 Å². The van der Waals surface area contributed by atoms with Crippen LogP contribution in [0.2, 0.25) is 0 Å². The molecule has 0 unspecified atom stereocenters. The van der Waals surface area contributed by atoms with E-state index in [1.165, 1.54) is 0 Å². The minimum Gasteiger partial charge on any atom is -0.463 e. The first-order valence-corrected chi connectivity index (χ1v) is 6.49. The molecule has 0 aliphatic heterocycles. The number of rotatable bonds is 5. The zero-order valence-electron chi connectivity index (χ0n) is 8.85. The fourth-order valence-electron chi connectivity index (χ4n) is 0.902. The summed E-state index contributed by atoms with van der Waals surface area (Å²) in [6, 6.07) is 0.0946. The third kappa shape index (κ3) is 4.26. The number of H-pyrrole nitrogens is 1. The predicted molar refractivity (Wildman–Crippen MR) is 55.9 cm³/mol. The van der Waals surface area contributed by atoms with E-state index < -0.39 is 21.5 Å². The van der Waals surface area contributed by atoms with Crippen molar-refractivity contribution in [3.63, 3.8) is 0 Å². The van der Waals surface area contributed by atoms with Crippen molar-refractivity contribution in [3.05, 3.63) is 0 Å². The number of carbonyl (C=O) groups excluding carboxylic acids is 1. The van der Waals surface area contributed by atoms with Gasteiger partial charge in [-0.2, -0.15) is 4.98 Å². The van der Waals surface area contributed by atoms with Crippen LogP contribution in [0.5, 0.6) is 6.01 Å². The second kappa shape index (κ2) is 4.92. The molecule has 16 heavy (non-hydrogen) atoms. The summed E-state index contributed by atoms with van der Waals surface area (Å²) in [4.78, 5) is 14.9. The maximum atomic E-state index is 11.2. The molecule has 0 bridgehead atoms. The van der Waals surface area contributed by atoms with E-state index >= 15 is 0 Å². The second-order valence-corrected chi connectivity index (χ2v) is 5.16. The minimum atomic E-state index is -3.35. The number of hydrogen-bond donors (Lipinski definition) is 2. The molecular formula is C7H12N4O4S. The average Bonchev–Trinajstić information content (AvgIpc) is 2.49. The van der Waals surface area contributed by atoms with Crippen molar-refractivity contribution in [2.75, 3.05) is 23.9 Å². The second-order valence-electron chi connectivity index (χ2n) is 3.02. The molecule has 1 aromatic heterocycles. The standard InChI is InChI=1S/C7H12N4O4S/c1-3-15-7-9-6(10-11-7)8-5(12)4-16(2,13)14/h3-4H2,1-2H3,(H2,8,9,10,11,12). The summed E-state index contributed by atoms with van der Waals surface area (Å²) >= 11 is 0. The zero-order valence-corrected chi connectivity index (χ0v) is 9.67. The molecule has 0 saturated carbocycles. The molecule has 90 valence electrons. The largest absolute Gasteiger partial charge is 0.463 e. The molecule has 1 aromatic rings. The van der Waals surface area contributed by atoms with Gasteiger partial charge in [-0.15, -0.1) is 5.10 Å². The van der Waals surface area contributed by atoms with Gasteiger partial charge in [0.05, 0.1) is 6.61 Å². The van der Waals surface area contributed by atoms with Crippen LogP contribution in [0.4, 0.5) is 5.95 Å². The van der Waals surface area contributed by atoms with Crippen LogP contribution in [-0.2, 0) is 14.6 Å². The topological polar surface area (TPSA) is 114 Å². The van der Waals surface area contributed by atoms with Gasteiger partial charge in [0, 0.05) is 6.26 Å². The fourth-order valence-corrected chi connectivity index (χ4v) is 1.45.